The molecule has 1 unspecified atom stereocenters. The van der Waals surface area contributed by atoms with Crippen LogP contribution in [0.1, 0.15) is 19.8 Å². The van der Waals surface area contributed by atoms with Crippen molar-refractivity contribution in [3.63, 3.8) is 0 Å². The van der Waals surface area contributed by atoms with Gasteiger partial charge >= 0.3 is 0 Å². The first kappa shape index (κ1) is 8.75. The van der Waals surface area contributed by atoms with Crippen LogP contribution in [0.5, 0.6) is 0 Å². The lowest BCUT2D eigenvalue weighted by atomic mass is 10.2. The summed E-state index contributed by atoms with van der Waals surface area (Å²) in [5, 5.41) is 8.78. The Labute approximate surface area is 68.5 Å². The topological polar surface area (TPSA) is 23.5 Å². The van der Waals surface area contributed by atoms with Crippen molar-refractivity contribution in [1.82, 2.24) is 4.90 Å². The Morgan fingerprint density at radius 3 is 2.73 bits per heavy atom. The zero-order valence-electron chi connectivity index (χ0n) is 7.16. The lowest BCUT2D eigenvalue weighted by molar-refractivity contribution is 0.170. The van der Waals surface area contributed by atoms with E-state index in [1.807, 2.05) is 6.08 Å². The number of aliphatic hydroxyl groups is 1. The second-order valence-corrected chi connectivity index (χ2v) is 3.17. The van der Waals surface area contributed by atoms with E-state index >= 15 is 0 Å². The molecular formula is C9H17NO. The van der Waals surface area contributed by atoms with E-state index < -0.39 is 0 Å². The van der Waals surface area contributed by atoms with Gasteiger partial charge in [-0.15, -0.1) is 6.58 Å². The number of hydrogen-bond donors (Lipinski definition) is 1. The first-order valence-electron chi connectivity index (χ1n) is 4.28. The summed E-state index contributed by atoms with van der Waals surface area (Å²) in [6.45, 7) is 6.92. The van der Waals surface area contributed by atoms with E-state index in [1.165, 1.54) is 12.8 Å². The molecular weight excluding hydrogens is 138 g/mol. The summed E-state index contributed by atoms with van der Waals surface area (Å²) < 4.78 is 0. The Balaban J connectivity index is 2.36. The molecule has 1 atom stereocenters. The molecule has 1 aliphatic carbocycles. The molecule has 0 amide bonds. The zero-order chi connectivity index (χ0) is 8.27. The lowest BCUT2D eigenvalue weighted by Crippen LogP contribution is -2.35. The third-order valence-corrected chi connectivity index (χ3v) is 2.24. The smallest absolute Gasteiger partial charge is 0.0558 e. The van der Waals surface area contributed by atoms with Gasteiger partial charge in [-0.2, -0.15) is 0 Å². The second-order valence-electron chi connectivity index (χ2n) is 3.17. The molecule has 1 N–H and O–H groups in total. The molecule has 1 aliphatic rings. The normalized spacial score (nSPS) is 20.3. The predicted octanol–water partition coefficient (Wildman–Crippen LogP) is 1.02. The van der Waals surface area contributed by atoms with Crippen LogP contribution < -0.4 is 0 Å². The highest BCUT2D eigenvalue weighted by Crippen LogP contribution is 2.28. The van der Waals surface area contributed by atoms with Crippen molar-refractivity contribution in [1.29, 1.82) is 0 Å². The van der Waals surface area contributed by atoms with E-state index in [4.69, 9.17) is 5.11 Å². The van der Waals surface area contributed by atoms with Gasteiger partial charge in [0, 0.05) is 18.6 Å². The Morgan fingerprint density at radius 1 is 1.73 bits per heavy atom. The fraction of sp³-hybridized carbons (Fsp3) is 0.778. The van der Waals surface area contributed by atoms with E-state index in [0.717, 1.165) is 12.6 Å². The minimum absolute atomic E-state index is 0.259. The van der Waals surface area contributed by atoms with Gasteiger partial charge in [0.25, 0.3) is 0 Å². The Bertz CT molecular complexity index is 132. The molecule has 0 aromatic rings. The molecule has 2 nitrogen and oxygen atoms in total. The molecule has 0 aromatic heterocycles. The van der Waals surface area contributed by atoms with Crippen molar-refractivity contribution < 1.29 is 5.11 Å². The van der Waals surface area contributed by atoms with Crippen LogP contribution in [0.15, 0.2) is 12.7 Å². The van der Waals surface area contributed by atoms with Gasteiger partial charge in [-0.3, -0.25) is 4.90 Å². The van der Waals surface area contributed by atoms with Crippen LogP contribution in [0.3, 0.4) is 0 Å². The second kappa shape index (κ2) is 3.88. The number of hydrogen-bond acceptors (Lipinski definition) is 2. The van der Waals surface area contributed by atoms with E-state index in [0.29, 0.717) is 6.04 Å². The summed E-state index contributed by atoms with van der Waals surface area (Å²) in [4.78, 5) is 2.31. The molecule has 1 saturated carbocycles. The quantitative estimate of drug-likeness (QED) is 0.599. The highest BCUT2D eigenvalue weighted by Gasteiger charge is 2.30. The molecule has 0 radical (unpaired) electrons. The Kier molecular flexibility index (Phi) is 3.09. The van der Waals surface area contributed by atoms with Crippen LogP contribution >= 0.6 is 0 Å². The highest BCUT2D eigenvalue weighted by molar-refractivity contribution is 4.93. The monoisotopic (exact) mass is 155 g/mol. The molecule has 11 heavy (non-hydrogen) atoms. The van der Waals surface area contributed by atoms with Crippen molar-refractivity contribution in [3.05, 3.63) is 12.7 Å². The van der Waals surface area contributed by atoms with Crippen molar-refractivity contribution in [2.24, 2.45) is 0 Å². The molecule has 0 spiro atoms. The van der Waals surface area contributed by atoms with Crippen LogP contribution in [0.25, 0.3) is 0 Å². The average molecular weight is 155 g/mol. The summed E-state index contributed by atoms with van der Waals surface area (Å²) in [6, 6.07) is 1.13. The molecule has 0 aliphatic heterocycles. The SMILES string of the molecule is C=CC(C)N(CCO)C1CC1. The van der Waals surface area contributed by atoms with Gasteiger partial charge in [0.2, 0.25) is 0 Å². The van der Waals surface area contributed by atoms with Crippen molar-refractivity contribution >= 4 is 0 Å². The van der Waals surface area contributed by atoms with Gasteiger partial charge in [-0.05, 0) is 19.8 Å². The van der Waals surface area contributed by atoms with Gasteiger partial charge in [0.05, 0.1) is 6.61 Å². The summed E-state index contributed by atoms with van der Waals surface area (Å²) in [7, 11) is 0. The molecule has 0 bridgehead atoms. The van der Waals surface area contributed by atoms with Crippen molar-refractivity contribution in [3.8, 4) is 0 Å². The van der Waals surface area contributed by atoms with E-state index in [-0.39, 0.29) is 6.61 Å². The van der Waals surface area contributed by atoms with E-state index in [1.54, 1.807) is 0 Å². The fourth-order valence-electron chi connectivity index (χ4n) is 1.38. The van der Waals surface area contributed by atoms with Crippen LogP contribution in [0.2, 0.25) is 0 Å². The molecule has 0 heterocycles. The fourth-order valence-corrected chi connectivity index (χ4v) is 1.38. The van der Waals surface area contributed by atoms with Gasteiger partial charge < -0.3 is 5.11 Å². The van der Waals surface area contributed by atoms with Crippen molar-refractivity contribution in [2.75, 3.05) is 13.2 Å². The summed E-state index contributed by atoms with van der Waals surface area (Å²) >= 11 is 0. The van der Waals surface area contributed by atoms with Crippen LogP contribution in [0, 0.1) is 0 Å². The summed E-state index contributed by atoms with van der Waals surface area (Å²) in [5.41, 5.74) is 0. The molecule has 1 fully saturated rings. The van der Waals surface area contributed by atoms with Crippen LogP contribution in [-0.2, 0) is 0 Å². The van der Waals surface area contributed by atoms with Crippen molar-refractivity contribution in [2.45, 2.75) is 31.8 Å². The van der Waals surface area contributed by atoms with E-state index in [9.17, 15) is 0 Å². The number of nitrogens with zero attached hydrogens (tertiary/aromatic N) is 1. The average Bonchev–Trinajstić information content (AvgIpc) is 2.81. The zero-order valence-corrected chi connectivity index (χ0v) is 7.16. The largest absolute Gasteiger partial charge is 0.395 e. The van der Waals surface area contributed by atoms with Crippen LogP contribution in [-0.4, -0.2) is 35.2 Å². The van der Waals surface area contributed by atoms with E-state index in [2.05, 4.69) is 18.4 Å². The predicted molar refractivity (Wildman–Crippen MR) is 46.5 cm³/mol. The Hall–Kier alpha value is -0.340. The lowest BCUT2D eigenvalue weighted by Gasteiger charge is -2.25. The van der Waals surface area contributed by atoms with Gasteiger partial charge in [-0.1, -0.05) is 6.08 Å². The third-order valence-electron chi connectivity index (χ3n) is 2.24. The molecule has 2 heteroatoms. The minimum Gasteiger partial charge on any atom is -0.395 e. The summed E-state index contributed by atoms with van der Waals surface area (Å²) in [5.74, 6) is 0. The summed E-state index contributed by atoms with van der Waals surface area (Å²) in [6.07, 6.45) is 4.52. The first-order chi connectivity index (χ1) is 5.29. The maximum atomic E-state index is 8.78. The maximum Gasteiger partial charge on any atom is 0.0558 e. The van der Waals surface area contributed by atoms with Gasteiger partial charge in [0.15, 0.2) is 0 Å². The molecule has 1 rings (SSSR count). The van der Waals surface area contributed by atoms with Gasteiger partial charge in [-0.25, -0.2) is 0 Å². The Morgan fingerprint density at radius 2 is 2.36 bits per heavy atom. The third kappa shape index (κ3) is 2.31. The van der Waals surface area contributed by atoms with Crippen LogP contribution in [0.4, 0.5) is 0 Å². The number of rotatable bonds is 5. The number of aliphatic hydroxyl groups excluding tert-OH is 1. The molecule has 64 valence electrons. The molecule has 0 saturated heterocycles. The minimum atomic E-state index is 0.259. The standard InChI is InChI=1S/C9H17NO/c1-3-8(2)10(6-7-11)9-4-5-9/h3,8-9,11H,1,4-7H2,2H3. The molecule has 0 aromatic carbocycles. The van der Waals surface area contributed by atoms with Gasteiger partial charge in [0.1, 0.15) is 0 Å². The highest BCUT2D eigenvalue weighted by atomic mass is 16.3. The first-order valence-corrected chi connectivity index (χ1v) is 4.28. The maximum absolute atomic E-state index is 8.78.